The van der Waals surface area contributed by atoms with E-state index >= 15 is 0 Å². The van der Waals surface area contributed by atoms with Crippen molar-refractivity contribution in [1.82, 2.24) is 0 Å². The van der Waals surface area contributed by atoms with E-state index in [1.165, 1.54) is 19.1 Å². The Balaban J connectivity index is 2.58. The van der Waals surface area contributed by atoms with Crippen molar-refractivity contribution in [2.45, 2.75) is 11.8 Å². The Labute approximate surface area is 153 Å². The number of hydrogen-bond donors (Lipinski definition) is 0. The lowest BCUT2D eigenvalue weighted by molar-refractivity contribution is -0.387. The SMILES string of the molecule is CCOC(=O)N=S(=O)(Oc1ccc([N+](=O)[O-])cc1)c1ccccc1[N+](=O)[O-]. The van der Waals surface area contributed by atoms with Gasteiger partial charge in [-0.2, -0.15) is 0 Å². The van der Waals surface area contributed by atoms with Crippen LogP contribution in [-0.4, -0.2) is 26.8 Å². The van der Waals surface area contributed by atoms with Crippen LogP contribution in [0.1, 0.15) is 6.92 Å². The molecule has 0 fully saturated rings. The molecule has 11 nitrogen and oxygen atoms in total. The van der Waals surface area contributed by atoms with E-state index in [1.54, 1.807) is 0 Å². The van der Waals surface area contributed by atoms with E-state index in [4.69, 9.17) is 4.18 Å². The van der Waals surface area contributed by atoms with Crippen LogP contribution in [0.25, 0.3) is 0 Å². The fourth-order valence-electron chi connectivity index (χ4n) is 1.94. The van der Waals surface area contributed by atoms with E-state index in [-0.39, 0.29) is 18.0 Å². The lowest BCUT2D eigenvalue weighted by atomic mass is 10.3. The molecule has 0 saturated carbocycles. The zero-order chi connectivity index (χ0) is 20.0. The van der Waals surface area contributed by atoms with Crippen LogP contribution in [0.4, 0.5) is 16.2 Å². The van der Waals surface area contributed by atoms with Crippen LogP contribution in [0.2, 0.25) is 0 Å². The number of carbonyl (C=O) groups excluding carboxylic acids is 1. The molecule has 0 aliphatic carbocycles. The van der Waals surface area contributed by atoms with Crippen molar-refractivity contribution >= 4 is 27.5 Å². The van der Waals surface area contributed by atoms with Crippen LogP contribution in [-0.2, 0) is 14.7 Å². The van der Waals surface area contributed by atoms with Crippen LogP contribution < -0.4 is 4.18 Å². The van der Waals surface area contributed by atoms with Crippen molar-refractivity contribution in [3.05, 3.63) is 68.8 Å². The predicted molar refractivity (Wildman–Crippen MR) is 92.7 cm³/mol. The summed E-state index contributed by atoms with van der Waals surface area (Å²) in [6, 6.07) is 9.35. The van der Waals surface area contributed by atoms with Gasteiger partial charge in [-0.05, 0) is 25.1 Å². The normalized spacial score (nSPS) is 12.5. The molecule has 2 aromatic carbocycles. The monoisotopic (exact) mass is 395 g/mol. The number of carbonyl (C=O) groups is 1. The summed E-state index contributed by atoms with van der Waals surface area (Å²) in [5.74, 6) is -0.142. The Morgan fingerprint density at radius 3 is 2.26 bits per heavy atom. The molecule has 0 aliphatic heterocycles. The molecule has 27 heavy (non-hydrogen) atoms. The molecule has 0 radical (unpaired) electrons. The lowest BCUT2D eigenvalue weighted by Gasteiger charge is -2.12. The van der Waals surface area contributed by atoms with Gasteiger partial charge in [-0.25, -0.2) is 9.00 Å². The molecule has 0 aliphatic rings. The van der Waals surface area contributed by atoms with Crippen molar-refractivity contribution in [1.29, 1.82) is 0 Å². The minimum Gasteiger partial charge on any atom is -0.448 e. The molecule has 2 rings (SSSR count). The first-order valence-electron chi connectivity index (χ1n) is 7.38. The third kappa shape index (κ3) is 4.76. The quantitative estimate of drug-likeness (QED) is 0.532. The van der Waals surface area contributed by atoms with E-state index in [0.29, 0.717) is 0 Å². The van der Waals surface area contributed by atoms with E-state index < -0.39 is 36.5 Å². The summed E-state index contributed by atoms with van der Waals surface area (Å²) in [6.07, 6.45) is -1.23. The second-order valence-corrected chi connectivity index (χ2v) is 6.56. The zero-order valence-electron chi connectivity index (χ0n) is 13.8. The average Bonchev–Trinajstić information content (AvgIpc) is 2.62. The predicted octanol–water partition coefficient (Wildman–Crippen LogP) is 3.48. The molecule has 1 unspecified atom stereocenters. The van der Waals surface area contributed by atoms with Gasteiger partial charge in [-0.3, -0.25) is 20.2 Å². The molecule has 0 N–H and O–H groups in total. The maximum absolute atomic E-state index is 13.3. The van der Waals surface area contributed by atoms with Gasteiger partial charge in [0.05, 0.1) is 16.5 Å². The number of hydrogen-bond acceptors (Lipinski definition) is 8. The van der Waals surface area contributed by atoms with Gasteiger partial charge >= 0.3 is 6.09 Å². The molecule has 0 bridgehead atoms. The van der Waals surface area contributed by atoms with Gasteiger partial charge in [-0.1, -0.05) is 16.5 Å². The maximum atomic E-state index is 13.3. The minimum absolute atomic E-state index is 0.0632. The van der Waals surface area contributed by atoms with Crippen molar-refractivity contribution in [2.24, 2.45) is 4.36 Å². The highest BCUT2D eigenvalue weighted by atomic mass is 32.2. The topological polar surface area (TPSA) is 151 Å². The molecule has 12 heteroatoms. The molecule has 0 aromatic heterocycles. The molecule has 1 amide bonds. The summed E-state index contributed by atoms with van der Waals surface area (Å²) < 4.78 is 26.5. The average molecular weight is 395 g/mol. The first kappa shape index (κ1) is 19.8. The standard InChI is InChI=1S/C15H13N3O8S/c1-2-25-15(19)16-27(24,14-6-4-3-5-13(14)18(22)23)26-12-9-7-11(8-10-12)17(20)21/h3-10H,2H2,1H3. The van der Waals surface area contributed by atoms with Crippen LogP contribution in [0.5, 0.6) is 5.75 Å². The highest BCUT2D eigenvalue weighted by Crippen LogP contribution is 2.29. The number of rotatable bonds is 6. The fourth-order valence-corrected chi connectivity index (χ4v) is 3.44. The van der Waals surface area contributed by atoms with Crippen molar-refractivity contribution in [2.75, 3.05) is 6.61 Å². The van der Waals surface area contributed by atoms with E-state index in [2.05, 4.69) is 9.10 Å². The Hall–Kier alpha value is -3.54. The van der Waals surface area contributed by atoms with Gasteiger partial charge in [0.15, 0.2) is 4.90 Å². The van der Waals surface area contributed by atoms with E-state index in [9.17, 15) is 29.2 Å². The maximum Gasteiger partial charge on any atom is 0.444 e. The number of nitrogens with zero attached hydrogens (tertiary/aromatic N) is 3. The van der Waals surface area contributed by atoms with Crippen molar-refractivity contribution in [3.63, 3.8) is 0 Å². The highest BCUT2D eigenvalue weighted by molar-refractivity contribution is 7.89. The second-order valence-electron chi connectivity index (χ2n) is 4.82. The smallest absolute Gasteiger partial charge is 0.444 e. The van der Waals surface area contributed by atoms with Gasteiger partial charge in [0.1, 0.15) is 5.75 Å². The van der Waals surface area contributed by atoms with Crippen LogP contribution in [0.3, 0.4) is 0 Å². The molecule has 142 valence electrons. The summed E-state index contributed by atoms with van der Waals surface area (Å²) in [5.41, 5.74) is -0.820. The molecule has 0 spiro atoms. The summed E-state index contributed by atoms with van der Waals surface area (Å²) >= 11 is 0. The molecule has 2 aromatic rings. The second kappa shape index (κ2) is 8.23. The fraction of sp³-hybridized carbons (Fsp3) is 0.133. The first-order valence-corrected chi connectivity index (χ1v) is 8.82. The molecule has 0 heterocycles. The summed E-state index contributed by atoms with van der Waals surface area (Å²) in [4.78, 5) is 31.8. The molecular weight excluding hydrogens is 382 g/mol. The molecule has 1 atom stereocenters. The third-order valence-corrected chi connectivity index (χ3v) is 4.77. The lowest BCUT2D eigenvalue weighted by Crippen LogP contribution is -2.15. The number of benzene rings is 2. The largest absolute Gasteiger partial charge is 0.448 e. The van der Waals surface area contributed by atoms with Gasteiger partial charge in [0, 0.05) is 18.2 Å². The number of amides is 1. The van der Waals surface area contributed by atoms with Crippen molar-refractivity contribution < 1.29 is 27.8 Å². The Morgan fingerprint density at radius 1 is 1.07 bits per heavy atom. The Bertz CT molecular complexity index is 996. The number of nitro benzene ring substituents is 2. The van der Waals surface area contributed by atoms with Gasteiger partial charge < -0.3 is 8.92 Å². The van der Waals surface area contributed by atoms with Gasteiger partial charge in [-0.15, -0.1) is 0 Å². The third-order valence-electron chi connectivity index (χ3n) is 3.06. The van der Waals surface area contributed by atoms with Crippen LogP contribution in [0.15, 0.2) is 57.8 Å². The molecular formula is C15H13N3O8S. The van der Waals surface area contributed by atoms with E-state index in [1.807, 2.05) is 0 Å². The van der Waals surface area contributed by atoms with Crippen LogP contribution >= 0.6 is 0 Å². The zero-order valence-corrected chi connectivity index (χ0v) is 14.7. The minimum atomic E-state index is -4.11. The summed E-state index contributed by atoms with van der Waals surface area (Å²) in [5, 5.41) is 22.0. The first-order chi connectivity index (χ1) is 12.8. The van der Waals surface area contributed by atoms with E-state index in [0.717, 1.165) is 36.4 Å². The van der Waals surface area contributed by atoms with Crippen molar-refractivity contribution in [3.8, 4) is 5.75 Å². The number of non-ortho nitro benzene ring substituents is 1. The number of nitro groups is 2. The summed E-state index contributed by atoms with van der Waals surface area (Å²) in [7, 11) is -4.11. The van der Waals surface area contributed by atoms with Crippen LogP contribution in [0, 0.1) is 20.2 Å². The number of ether oxygens (including phenoxy) is 1. The molecule has 0 saturated heterocycles. The summed E-state index contributed by atoms with van der Waals surface area (Å²) in [6.45, 7) is 1.43. The Morgan fingerprint density at radius 2 is 1.70 bits per heavy atom. The van der Waals surface area contributed by atoms with Gasteiger partial charge in [0.25, 0.3) is 21.4 Å². The van der Waals surface area contributed by atoms with Gasteiger partial charge in [0.2, 0.25) is 0 Å². The number of para-hydroxylation sites is 1. The Kier molecular flexibility index (Phi) is 6.03. The highest BCUT2D eigenvalue weighted by Gasteiger charge is 2.27.